The summed E-state index contributed by atoms with van der Waals surface area (Å²) in [5.41, 5.74) is 3.49. The molecule has 0 aromatic heterocycles. The Balaban J connectivity index is 1.47. The van der Waals surface area contributed by atoms with Gasteiger partial charge in [-0.3, -0.25) is 0 Å². The number of benzene rings is 8. The maximum atomic E-state index is 14.0. The number of hydrogen-bond donors (Lipinski definition) is 0. The molecule has 0 atom stereocenters. The lowest BCUT2D eigenvalue weighted by atomic mass is 9.83. The molecule has 0 aliphatic carbocycles. The second-order valence-electron chi connectivity index (χ2n) is 11.9. The number of rotatable bonds is 4. The molecule has 0 spiro atoms. The first kappa shape index (κ1) is 30.5. The molecular weight excluding hydrogens is 634 g/mol. The smallest absolute Gasteiger partial charge is 0.406 e. The first-order valence-electron chi connectivity index (χ1n) is 15.5. The third kappa shape index (κ3) is 5.51. The monoisotopic (exact) mass is 658 g/mol. The number of ether oxygens (including phenoxy) is 1. The predicted octanol–water partition coefficient (Wildman–Crippen LogP) is 13.2. The lowest BCUT2D eigenvalue weighted by Crippen LogP contribution is -2.16. The van der Waals surface area contributed by atoms with Gasteiger partial charge in [-0.05, 0) is 113 Å². The zero-order valence-electron chi connectivity index (χ0n) is 25.5. The summed E-state index contributed by atoms with van der Waals surface area (Å²) in [6.45, 7) is 0. The first-order chi connectivity index (χ1) is 23.5. The van der Waals surface area contributed by atoms with E-state index in [-0.39, 0.29) is 5.75 Å². The molecule has 0 radical (unpaired) electrons. The minimum absolute atomic E-state index is 0.349. The summed E-state index contributed by atoms with van der Waals surface area (Å²) in [6, 6.07) is 42.8. The van der Waals surface area contributed by atoms with Gasteiger partial charge < -0.3 is 4.74 Å². The highest BCUT2D eigenvalue weighted by Gasteiger charge is 2.32. The van der Waals surface area contributed by atoms with Crippen molar-refractivity contribution in [2.75, 3.05) is 0 Å². The van der Waals surface area contributed by atoms with Gasteiger partial charge in [-0.1, -0.05) is 109 Å². The molecule has 0 N–H and O–H groups in total. The molecule has 8 aromatic carbocycles. The van der Waals surface area contributed by atoms with Crippen molar-refractivity contribution in [3.8, 4) is 39.1 Å². The van der Waals surface area contributed by atoms with Gasteiger partial charge in [0.05, 0.1) is 5.56 Å². The molecule has 0 fully saturated rings. The molecular formula is C42H24F6O. The Kier molecular flexibility index (Phi) is 7.10. The summed E-state index contributed by atoms with van der Waals surface area (Å²) in [5.74, 6) is -0.349. The third-order valence-corrected chi connectivity index (χ3v) is 8.96. The van der Waals surface area contributed by atoms with Gasteiger partial charge in [0.15, 0.2) is 0 Å². The fraction of sp³-hybridized carbons (Fsp3) is 0.0476. The Morgan fingerprint density at radius 2 is 0.980 bits per heavy atom. The summed E-state index contributed by atoms with van der Waals surface area (Å²) in [5, 5.41) is 7.45. The van der Waals surface area contributed by atoms with E-state index in [1.807, 2.05) is 66.7 Å². The first-order valence-corrected chi connectivity index (χ1v) is 15.5. The molecule has 0 unspecified atom stereocenters. The molecule has 0 saturated heterocycles. The molecule has 0 bridgehead atoms. The highest BCUT2D eigenvalue weighted by molar-refractivity contribution is 6.26. The average molecular weight is 659 g/mol. The molecule has 0 heterocycles. The fourth-order valence-corrected chi connectivity index (χ4v) is 6.92. The van der Waals surface area contributed by atoms with Crippen LogP contribution in [0, 0.1) is 0 Å². The highest BCUT2D eigenvalue weighted by atomic mass is 19.4. The quantitative estimate of drug-likeness (QED) is 0.104. The Bertz CT molecular complexity index is 2550. The van der Waals surface area contributed by atoms with Gasteiger partial charge in [-0.2, -0.15) is 13.2 Å². The van der Waals surface area contributed by atoms with E-state index in [1.165, 1.54) is 36.4 Å². The van der Waals surface area contributed by atoms with Crippen LogP contribution in [0.2, 0.25) is 0 Å². The zero-order chi connectivity index (χ0) is 33.9. The predicted molar refractivity (Wildman–Crippen MR) is 184 cm³/mol. The van der Waals surface area contributed by atoms with E-state index in [1.54, 1.807) is 6.07 Å². The topological polar surface area (TPSA) is 9.23 Å². The number of alkyl halides is 6. The minimum atomic E-state index is -4.82. The number of halogens is 6. The van der Waals surface area contributed by atoms with Crippen molar-refractivity contribution in [1.82, 2.24) is 0 Å². The van der Waals surface area contributed by atoms with Gasteiger partial charge in [0.2, 0.25) is 0 Å². The van der Waals surface area contributed by atoms with Crippen molar-refractivity contribution in [1.29, 1.82) is 0 Å². The van der Waals surface area contributed by atoms with Crippen LogP contribution in [-0.2, 0) is 6.18 Å². The van der Waals surface area contributed by atoms with Gasteiger partial charge in [0.1, 0.15) is 5.75 Å². The average Bonchev–Trinajstić information content (AvgIpc) is 3.09. The molecule has 0 aliphatic heterocycles. The summed E-state index contributed by atoms with van der Waals surface area (Å²) < 4.78 is 84.6. The van der Waals surface area contributed by atoms with Crippen LogP contribution < -0.4 is 4.74 Å². The van der Waals surface area contributed by atoms with Crippen LogP contribution in [0.1, 0.15) is 5.56 Å². The van der Waals surface area contributed by atoms with Crippen LogP contribution in [-0.4, -0.2) is 6.36 Å². The van der Waals surface area contributed by atoms with Gasteiger partial charge >= 0.3 is 12.5 Å². The summed E-state index contributed by atoms with van der Waals surface area (Å²) in [6.07, 6.45) is -9.37. The molecule has 8 rings (SSSR count). The third-order valence-electron chi connectivity index (χ3n) is 8.96. The fourth-order valence-electron chi connectivity index (χ4n) is 6.92. The van der Waals surface area contributed by atoms with Crippen molar-refractivity contribution < 1.29 is 31.1 Å². The Labute approximate surface area is 276 Å². The van der Waals surface area contributed by atoms with Crippen LogP contribution in [0.15, 0.2) is 146 Å². The molecule has 7 heteroatoms. The number of hydrogen-bond acceptors (Lipinski definition) is 1. The molecule has 1 nitrogen and oxygen atoms in total. The molecule has 240 valence electrons. The summed E-state index contributed by atoms with van der Waals surface area (Å²) >= 11 is 0. The van der Waals surface area contributed by atoms with Crippen molar-refractivity contribution in [3.05, 3.63) is 151 Å². The molecule has 8 aromatic rings. The summed E-state index contributed by atoms with van der Waals surface area (Å²) in [4.78, 5) is 0. The van der Waals surface area contributed by atoms with E-state index < -0.39 is 18.1 Å². The van der Waals surface area contributed by atoms with Crippen LogP contribution in [0.25, 0.3) is 76.5 Å². The molecule has 0 amide bonds. The zero-order valence-corrected chi connectivity index (χ0v) is 25.5. The second-order valence-corrected chi connectivity index (χ2v) is 11.9. The summed E-state index contributed by atoms with van der Waals surface area (Å²) in [7, 11) is 0. The van der Waals surface area contributed by atoms with E-state index in [0.717, 1.165) is 54.9 Å². The van der Waals surface area contributed by atoms with Gasteiger partial charge in [0, 0.05) is 0 Å². The van der Waals surface area contributed by atoms with Crippen molar-refractivity contribution in [2.45, 2.75) is 12.5 Å². The Hall–Kier alpha value is -5.82. The van der Waals surface area contributed by atoms with Crippen LogP contribution in [0.4, 0.5) is 26.3 Å². The van der Waals surface area contributed by atoms with Gasteiger partial charge in [-0.25, -0.2) is 0 Å². The molecule has 0 saturated carbocycles. The van der Waals surface area contributed by atoms with E-state index in [4.69, 9.17) is 0 Å². The van der Waals surface area contributed by atoms with Crippen LogP contribution >= 0.6 is 0 Å². The standard InChI is InChI=1S/C42H24F6O/c43-41(44,45)29-10-7-9-28(22-29)39-34-14-5-6-15-35(34)40(37-24-27-8-1-2-11-31(27)32-12-3-4-13-33(32)37)36-21-18-26(23-38(36)39)25-16-19-30(20-17-25)49-42(46,47)48/h1-24H. The van der Waals surface area contributed by atoms with Crippen molar-refractivity contribution >= 4 is 43.1 Å². The maximum Gasteiger partial charge on any atom is 0.573 e. The molecule has 49 heavy (non-hydrogen) atoms. The van der Waals surface area contributed by atoms with E-state index >= 15 is 0 Å². The Morgan fingerprint density at radius 1 is 0.388 bits per heavy atom. The van der Waals surface area contributed by atoms with E-state index in [2.05, 4.69) is 35.1 Å². The molecule has 0 aliphatic rings. The SMILES string of the molecule is FC(F)(F)Oc1ccc(-c2ccc3c(-c4cc5ccccc5c5ccccc45)c4ccccc4c(-c4cccc(C(F)(F)F)c4)c3c2)cc1. The lowest BCUT2D eigenvalue weighted by Gasteiger charge is -2.21. The van der Waals surface area contributed by atoms with E-state index in [0.29, 0.717) is 27.6 Å². The van der Waals surface area contributed by atoms with Crippen molar-refractivity contribution in [3.63, 3.8) is 0 Å². The maximum absolute atomic E-state index is 14.0. The second kappa shape index (κ2) is 11.4. The lowest BCUT2D eigenvalue weighted by molar-refractivity contribution is -0.274. The highest BCUT2D eigenvalue weighted by Crippen LogP contribution is 2.48. The van der Waals surface area contributed by atoms with Crippen LogP contribution in [0.5, 0.6) is 5.75 Å². The van der Waals surface area contributed by atoms with Gasteiger partial charge in [-0.15, -0.1) is 13.2 Å². The largest absolute Gasteiger partial charge is 0.573 e. The minimum Gasteiger partial charge on any atom is -0.406 e. The van der Waals surface area contributed by atoms with Crippen LogP contribution in [0.3, 0.4) is 0 Å². The van der Waals surface area contributed by atoms with Crippen molar-refractivity contribution in [2.24, 2.45) is 0 Å². The van der Waals surface area contributed by atoms with E-state index in [9.17, 15) is 26.3 Å². The number of fused-ring (bicyclic) bond motifs is 5. The van der Waals surface area contributed by atoms with Gasteiger partial charge in [0.25, 0.3) is 0 Å². The Morgan fingerprint density at radius 3 is 1.67 bits per heavy atom. The normalized spacial score (nSPS) is 12.3.